The molecule has 0 unspecified atom stereocenters. The molecule has 2 aliphatic heterocycles. The van der Waals surface area contributed by atoms with Crippen molar-refractivity contribution in [2.24, 2.45) is 0 Å². The zero-order valence-electron chi connectivity index (χ0n) is 11.0. The van der Waals surface area contributed by atoms with Crippen molar-refractivity contribution >= 4 is 17.7 Å². The van der Waals surface area contributed by atoms with E-state index in [-0.39, 0.29) is 5.91 Å². The highest BCUT2D eigenvalue weighted by molar-refractivity contribution is 6.00. The van der Waals surface area contributed by atoms with Gasteiger partial charge in [0.1, 0.15) is 5.60 Å². The first kappa shape index (κ1) is 12.0. The summed E-state index contributed by atoms with van der Waals surface area (Å²) in [4.78, 5) is 25.7. The molecule has 1 fully saturated rings. The molecule has 1 aromatic carbocycles. The molecule has 1 N–H and O–H groups in total. The molecule has 1 aromatic rings. The van der Waals surface area contributed by atoms with E-state index in [1.807, 2.05) is 4.90 Å². The molecule has 0 radical (unpaired) electrons. The summed E-state index contributed by atoms with van der Waals surface area (Å²) in [5.74, 6) is 0.0101. The lowest BCUT2D eigenvalue weighted by atomic mass is 9.89. The first-order chi connectivity index (χ1) is 8.99. The summed E-state index contributed by atoms with van der Waals surface area (Å²) in [5.41, 5.74) is 1.23. The van der Waals surface area contributed by atoms with E-state index in [0.717, 1.165) is 25.1 Å². The Kier molecular flexibility index (Phi) is 2.52. The minimum absolute atomic E-state index is 0.0101. The van der Waals surface area contributed by atoms with Crippen LogP contribution < -0.4 is 5.32 Å². The largest absolute Gasteiger partial charge is 0.438 e. The van der Waals surface area contributed by atoms with Gasteiger partial charge in [0.25, 0.3) is 5.91 Å². The Labute approximate surface area is 111 Å². The van der Waals surface area contributed by atoms with Crippen LogP contribution in [0.2, 0.25) is 0 Å². The second kappa shape index (κ2) is 3.98. The predicted molar refractivity (Wildman–Crippen MR) is 70.1 cm³/mol. The number of cyclic esters (lactones) is 1. The van der Waals surface area contributed by atoms with Crippen LogP contribution >= 0.6 is 0 Å². The number of nitrogens with zero attached hydrogens (tertiary/aromatic N) is 1. The van der Waals surface area contributed by atoms with Gasteiger partial charge in [-0.25, -0.2) is 4.79 Å². The fourth-order valence-electron chi connectivity index (χ4n) is 2.59. The van der Waals surface area contributed by atoms with Gasteiger partial charge in [0.05, 0.1) is 5.69 Å². The van der Waals surface area contributed by atoms with E-state index in [0.29, 0.717) is 11.3 Å². The summed E-state index contributed by atoms with van der Waals surface area (Å²) in [6, 6.07) is 5.37. The van der Waals surface area contributed by atoms with Crippen LogP contribution in [0.5, 0.6) is 0 Å². The van der Waals surface area contributed by atoms with Crippen molar-refractivity contribution in [2.45, 2.75) is 25.9 Å². The van der Waals surface area contributed by atoms with Gasteiger partial charge in [-0.15, -0.1) is 0 Å². The summed E-state index contributed by atoms with van der Waals surface area (Å²) >= 11 is 0. The zero-order valence-corrected chi connectivity index (χ0v) is 11.0. The number of anilines is 1. The van der Waals surface area contributed by atoms with Gasteiger partial charge in [-0.05, 0) is 32.4 Å². The van der Waals surface area contributed by atoms with Crippen LogP contribution in [0.3, 0.4) is 0 Å². The molecular formula is C14H16N2O3. The second-order valence-electron chi connectivity index (χ2n) is 5.40. The van der Waals surface area contributed by atoms with E-state index in [2.05, 4.69) is 5.32 Å². The molecule has 3 rings (SSSR count). The van der Waals surface area contributed by atoms with Gasteiger partial charge in [-0.1, -0.05) is 6.07 Å². The van der Waals surface area contributed by atoms with Crippen LogP contribution in [0, 0.1) is 0 Å². The monoisotopic (exact) mass is 260 g/mol. The highest BCUT2D eigenvalue weighted by atomic mass is 16.6. The lowest BCUT2D eigenvalue weighted by molar-refractivity contribution is 0.0390. The Morgan fingerprint density at radius 3 is 2.74 bits per heavy atom. The van der Waals surface area contributed by atoms with Gasteiger partial charge < -0.3 is 9.64 Å². The number of nitrogens with one attached hydrogen (secondary N) is 1. The molecule has 0 bridgehead atoms. The zero-order chi connectivity index (χ0) is 13.6. The minimum atomic E-state index is -0.797. The topological polar surface area (TPSA) is 58.6 Å². The maximum absolute atomic E-state index is 12.4. The minimum Gasteiger partial charge on any atom is -0.438 e. The first-order valence-electron chi connectivity index (χ1n) is 6.42. The molecule has 19 heavy (non-hydrogen) atoms. The number of hydrogen-bond acceptors (Lipinski definition) is 3. The van der Waals surface area contributed by atoms with Crippen molar-refractivity contribution in [2.75, 3.05) is 18.4 Å². The van der Waals surface area contributed by atoms with E-state index < -0.39 is 11.7 Å². The standard InChI is InChI=1S/C14H16N2O3/c1-14(2)11-9(12(17)16-7-4-8-16)5-3-6-10(11)15-13(18)19-14/h3,5-6H,4,7-8H2,1-2H3,(H,15,18). The molecule has 0 saturated carbocycles. The number of carbonyl (C=O) groups excluding carboxylic acids is 2. The number of amides is 2. The Balaban J connectivity index is 2.09. The van der Waals surface area contributed by atoms with Crippen molar-refractivity contribution in [3.05, 3.63) is 29.3 Å². The maximum atomic E-state index is 12.4. The Bertz CT molecular complexity index is 562. The Hall–Kier alpha value is -2.04. The third-order valence-corrected chi connectivity index (χ3v) is 3.62. The van der Waals surface area contributed by atoms with Gasteiger partial charge >= 0.3 is 6.09 Å². The number of benzene rings is 1. The van der Waals surface area contributed by atoms with Gasteiger partial charge in [0, 0.05) is 24.2 Å². The molecule has 2 amide bonds. The number of likely N-dealkylation sites (tertiary alicyclic amines) is 1. The normalized spacial score (nSPS) is 19.9. The first-order valence-corrected chi connectivity index (χ1v) is 6.42. The number of rotatable bonds is 1. The molecule has 1 saturated heterocycles. The quantitative estimate of drug-likeness (QED) is 0.843. The smallest absolute Gasteiger partial charge is 0.412 e. The van der Waals surface area contributed by atoms with Crippen molar-refractivity contribution in [3.8, 4) is 0 Å². The third kappa shape index (κ3) is 1.85. The molecule has 100 valence electrons. The van der Waals surface area contributed by atoms with Crippen LogP contribution in [0.4, 0.5) is 10.5 Å². The molecule has 5 heteroatoms. The van der Waals surface area contributed by atoms with Crippen molar-refractivity contribution < 1.29 is 14.3 Å². The highest BCUT2D eigenvalue weighted by Crippen LogP contribution is 2.38. The number of carbonyl (C=O) groups is 2. The van der Waals surface area contributed by atoms with Gasteiger partial charge in [0.15, 0.2) is 0 Å². The molecule has 0 aliphatic carbocycles. The molecule has 0 aromatic heterocycles. The van der Waals surface area contributed by atoms with E-state index in [4.69, 9.17) is 4.74 Å². The van der Waals surface area contributed by atoms with Gasteiger partial charge in [0.2, 0.25) is 0 Å². The molecule has 2 aliphatic rings. The number of hydrogen-bond donors (Lipinski definition) is 1. The van der Waals surface area contributed by atoms with Gasteiger partial charge in [-0.2, -0.15) is 0 Å². The van der Waals surface area contributed by atoms with Crippen molar-refractivity contribution in [3.63, 3.8) is 0 Å². The number of fused-ring (bicyclic) bond motifs is 1. The summed E-state index contributed by atoms with van der Waals surface area (Å²) in [6.45, 7) is 5.21. The fourth-order valence-corrected chi connectivity index (χ4v) is 2.59. The van der Waals surface area contributed by atoms with Crippen LogP contribution in [0.25, 0.3) is 0 Å². The summed E-state index contributed by atoms with van der Waals surface area (Å²) in [6.07, 6.45) is 0.572. The van der Waals surface area contributed by atoms with E-state index >= 15 is 0 Å². The van der Waals surface area contributed by atoms with Gasteiger partial charge in [-0.3, -0.25) is 10.1 Å². The molecule has 0 atom stereocenters. The van der Waals surface area contributed by atoms with Crippen LogP contribution in [0.1, 0.15) is 36.2 Å². The summed E-state index contributed by atoms with van der Waals surface area (Å²) < 4.78 is 5.30. The van der Waals surface area contributed by atoms with E-state index in [1.54, 1.807) is 32.0 Å². The molecule has 0 spiro atoms. The third-order valence-electron chi connectivity index (χ3n) is 3.62. The van der Waals surface area contributed by atoms with Crippen LogP contribution in [-0.2, 0) is 10.3 Å². The predicted octanol–water partition coefficient (Wildman–Crippen LogP) is 2.33. The van der Waals surface area contributed by atoms with Crippen LogP contribution in [-0.4, -0.2) is 30.0 Å². The summed E-state index contributed by atoms with van der Waals surface area (Å²) in [7, 11) is 0. The average Bonchev–Trinajstić information content (AvgIpc) is 2.24. The second-order valence-corrected chi connectivity index (χ2v) is 5.40. The van der Waals surface area contributed by atoms with Crippen molar-refractivity contribution in [1.82, 2.24) is 4.90 Å². The molecular weight excluding hydrogens is 244 g/mol. The number of ether oxygens (including phenoxy) is 1. The van der Waals surface area contributed by atoms with E-state index in [1.165, 1.54) is 0 Å². The van der Waals surface area contributed by atoms with Crippen LogP contribution in [0.15, 0.2) is 18.2 Å². The SMILES string of the molecule is CC1(C)OC(=O)Nc2cccc(C(=O)N3CCC3)c21. The maximum Gasteiger partial charge on any atom is 0.412 e. The summed E-state index contributed by atoms with van der Waals surface area (Å²) in [5, 5.41) is 2.65. The highest BCUT2D eigenvalue weighted by Gasteiger charge is 2.38. The molecule has 5 nitrogen and oxygen atoms in total. The fraction of sp³-hybridized carbons (Fsp3) is 0.429. The average molecular weight is 260 g/mol. The molecule has 2 heterocycles. The lowest BCUT2D eigenvalue weighted by Crippen LogP contribution is -2.44. The van der Waals surface area contributed by atoms with E-state index in [9.17, 15) is 9.59 Å². The Morgan fingerprint density at radius 2 is 2.11 bits per heavy atom. The van der Waals surface area contributed by atoms with Crippen molar-refractivity contribution in [1.29, 1.82) is 0 Å². The Morgan fingerprint density at radius 1 is 1.37 bits per heavy atom. The lowest BCUT2D eigenvalue weighted by Gasteiger charge is -2.36.